The van der Waals surface area contributed by atoms with Gasteiger partial charge in [0.1, 0.15) is 6.17 Å². The SMILES string of the molecule is O=C1c2ccccc2N[C@H](c2ccc3c4c(cccc24)CC3)N1c1ccccc1. The Morgan fingerprint density at radius 1 is 0.759 bits per heavy atom. The molecule has 0 radical (unpaired) electrons. The van der Waals surface area contributed by atoms with Gasteiger partial charge in [-0.2, -0.15) is 0 Å². The second-order valence-electron chi connectivity index (χ2n) is 7.76. The summed E-state index contributed by atoms with van der Waals surface area (Å²) in [6, 6.07) is 28.7. The van der Waals surface area contributed by atoms with Crippen molar-refractivity contribution in [3.05, 3.63) is 107 Å². The lowest BCUT2D eigenvalue weighted by atomic mass is 9.95. The zero-order chi connectivity index (χ0) is 19.4. The Kier molecular flexibility index (Phi) is 3.51. The Labute approximate surface area is 169 Å². The van der Waals surface area contributed by atoms with Crippen molar-refractivity contribution in [3.8, 4) is 0 Å². The average Bonchev–Trinajstić information content (AvgIpc) is 3.20. The van der Waals surface area contributed by atoms with Crippen LogP contribution in [-0.2, 0) is 12.8 Å². The predicted octanol–water partition coefficient (Wildman–Crippen LogP) is 5.71. The van der Waals surface area contributed by atoms with Gasteiger partial charge >= 0.3 is 0 Å². The first-order valence-corrected chi connectivity index (χ1v) is 10.1. The van der Waals surface area contributed by atoms with E-state index in [-0.39, 0.29) is 12.1 Å². The summed E-state index contributed by atoms with van der Waals surface area (Å²) in [6.07, 6.45) is 1.93. The summed E-state index contributed by atoms with van der Waals surface area (Å²) in [5, 5.41) is 6.25. The summed E-state index contributed by atoms with van der Waals surface area (Å²) in [6.45, 7) is 0. The Bertz CT molecular complexity index is 1250. The number of carbonyl (C=O) groups excluding carboxylic acids is 1. The van der Waals surface area contributed by atoms with Gasteiger partial charge in [0.2, 0.25) is 0 Å². The molecule has 0 fully saturated rings. The van der Waals surface area contributed by atoms with Crippen LogP contribution < -0.4 is 10.2 Å². The average molecular weight is 376 g/mol. The van der Waals surface area contributed by atoms with Crippen LogP contribution in [0, 0.1) is 0 Å². The lowest BCUT2D eigenvalue weighted by molar-refractivity contribution is 0.0975. The van der Waals surface area contributed by atoms with Gasteiger partial charge in [0.15, 0.2) is 0 Å². The molecule has 1 aliphatic carbocycles. The van der Waals surface area contributed by atoms with E-state index in [0.29, 0.717) is 5.56 Å². The number of aryl methyl sites for hydroxylation is 2. The maximum Gasteiger partial charge on any atom is 0.262 e. The summed E-state index contributed by atoms with van der Waals surface area (Å²) < 4.78 is 0. The molecular weight excluding hydrogens is 356 g/mol. The number of benzene rings is 4. The molecule has 6 rings (SSSR count). The fourth-order valence-corrected chi connectivity index (χ4v) is 4.83. The first kappa shape index (κ1) is 16.4. The van der Waals surface area contributed by atoms with E-state index in [9.17, 15) is 4.79 Å². The van der Waals surface area contributed by atoms with Crippen LogP contribution in [0.15, 0.2) is 84.9 Å². The van der Waals surface area contributed by atoms with Crippen LogP contribution in [0.2, 0.25) is 0 Å². The number of hydrogen-bond donors (Lipinski definition) is 1. The molecule has 1 aliphatic heterocycles. The molecule has 1 N–H and O–H groups in total. The number of fused-ring (bicyclic) bond motifs is 1. The Morgan fingerprint density at radius 2 is 1.52 bits per heavy atom. The Morgan fingerprint density at radius 3 is 2.38 bits per heavy atom. The van der Waals surface area contributed by atoms with Gasteiger partial charge in [0, 0.05) is 16.9 Å². The molecule has 3 heteroatoms. The lowest BCUT2D eigenvalue weighted by Gasteiger charge is -2.38. The van der Waals surface area contributed by atoms with Gasteiger partial charge in [-0.3, -0.25) is 9.69 Å². The van der Waals surface area contributed by atoms with Crippen LogP contribution in [0.3, 0.4) is 0 Å². The molecule has 0 saturated carbocycles. The van der Waals surface area contributed by atoms with Crippen LogP contribution in [0.1, 0.15) is 33.2 Å². The van der Waals surface area contributed by atoms with E-state index in [4.69, 9.17) is 0 Å². The summed E-state index contributed by atoms with van der Waals surface area (Å²) >= 11 is 0. The maximum absolute atomic E-state index is 13.6. The molecule has 1 amide bonds. The summed E-state index contributed by atoms with van der Waals surface area (Å²) in [4.78, 5) is 15.5. The van der Waals surface area contributed by atoms with Gasteiger partial charge in [-0.1, -0.05) is 60.7 Å². The smallest absolute Gasteiger partial charge is 0.262 e. The van der Waals surface area contributed by atoms with Gasteiger partial charge in [-0.15, -0.1) is 0 Å². The highest BCUT2D eigenvalue weighted by Gasteiger charge is 2.35. The summed E-state index contributed by atoms with van der Waals surface area (Å²) in [7, 11) is 0. The van der Waals surface area contributed by atoms with Crippen LogP contribution in [0.5, 0.6) is 0 Å². The molecule has 1 heterocycles. The highest BCUT2D eigenvalue weighted by atomic mass is 16.2. The number of anilines is 2. The van der Waals surface area contributed by atoms with Crippen molar-refractivity contribution in [3.63, 3.8) is 0 Å². The number of amides is 1. The monoisotopic (exact) mass is 376 g/mol. The van der Waals surface area contributed by atoms with Gasteiger partial charge in [-0.25, -0.2) is 0 Å². The van der Waals surface area contributed by atoms with Crippen LogP contribution >= 0.6 is 0 Å². The molecule has 4 aromatic rings. The second kappa shape index (κ2) is 6.21. The number of hydrogen-bond acceptors (Lipinski definition) is 2. The highest BCUT2D eigenvalue weighted by Crippen LogP contribution is 2.41. The van der Waals surface area contributed by atoms with Gasteiger partial charge in [-0.05, 0) is 59.0 Å². The quantitative estimate of drug-likeness (QED) is 0.486. The van der Waals surface area contributed by atoms with E-state index in [1.54, 1.807) is 0 Å². The number of rotatable bonds is 2. The minimum atomic E-state index is -0.260. The predicted molar refractivity (Wildman–Crippen MR) is 117 cm³/mol. The third-order valence-electron chi connectivity index (χ3n) is 6.17. The fraction of sp³-hybridized carbons (Fsp3) is 0.115. The molecule has 0 unspecified atom stereocenters. The van der Waals surface area contributed by atoms with Gasteiger partial charge < -0.3 is 5.32 Å². The van der Waals surface area contributed by atoms with Gasteiger partial charge in [0.25, 0.3) is 5.91 Å². The number of carbonyl (C=O) groups is 1. The van der Waals surface area contributed by atoms with Crippen molar-refractivity contribution in [2.45, 2.75) is 19.0 Å². The number of nitrogens with one attached hydrogen (secondary N) is 1. The Hall–Kier alpha value is -3.59. The molecule has 0 bridgehead atoms. The first-order chi connectivity index (χ1) is 14.3. The van der Waals surface area contributed by atoms with E-state index >= 15 is 0 Å². The van der Waals surface area contributed by atoms with E-state index in [1.807, 2.05) is 59.5 Å². The topological polar surface area (TPSA) is 32.3 Å². The molecule has 1 atom stereocenters. The third kappa shape index (κ3) is 2.40. The number of nitrogens with zero attached hydrogens (tertiary/aromatic N) is 1. The minimum absolute atomic E-state index is 0.0267. The molecule has 29 heavy (non-hydrogen) atoms. The van der Waals surface area contributed by atoms with E-state index in [0.717, 1.165) is 29.8 Å². The molecule has 2 aliphatic rings. The van der Waals surface area contributed by atoms with Crippen molar-refractivity contribution in [2.24, 2.45) is 0 Å². The zero-order valence-electron chi connectivity index (χ0n) is 15.9. The normalized spacial score (nSPS) is 17.3. The van der Waals surface area contributed by atoms with Crippen LogP contribution in [-0.4, -0.2) is 5.91 Å². The highest BCUT2D eigenvalue weighted by molar-refractivity contribution is 6.12. The first-order valence-electron chi connectivity index (χ1n) is 10.1. The fourth-order valence-electron chi connectivity index (χ4n) is 4.83. The van der Waals surface area contributed by atoms with Crippen LogP contribution in [0.25, 0.3) is 10.8 Å². The van der Waals surface area contributed by atoms with E-state index < -0.39 is 0 Å². The molecule has 0 saturated heterocycles. The minimum Gasteiger partial charge on any atom is -0.360 e. The molecule has 0 spiro atoms. The zero-order valence-corrected chi connectivity index (χ0v) is 15.9. The molecule has 140 valence electrons. The molecular formula is C26H20N2O. The van der Waals surface area contributed by atoms with Crippen molar-refractivity contribution in [1.29, 1.82) is 0 Å². The number of para-hydroxylation sites is 2. The van der Waals surface area contributed by atoms with Crippen molar-refractivity contribution in [1.82, 2.24) is 0 Å². The largest absolute Gasteiger partial charge is 0.360 e. The molecule has 4 aromatic carbocycles. The third-order valence-corrected chi connectivity index (χ3v) is 6.17. The summed E-state index contributed by atoms with van der Waals surface area (Å²) in [5.74, 6) is 0.0267. The van der Waals surface area contributed by atoms with E-state index in [1.165, 1.54) is 21.9 Å². The maximum atomic E-state index is 13.6. The van der Waals surface area contributed by atoms with E-state index in [2.05, 4.69) is 35.6 Å². The Balaban J connectivity index is 1.60. The second-order valence-corrected chi connectivity index (χ2v) is 7.76. The lowest BCUT2D eigenvalue weighted by Crippen LogP contribution is -2.43. The van der Waals surface area contributed by atoms with Crippen molar-refractivity contribution < 1.29 is 4.79 Å². The van der Waals surface area contributed by atoms with Crippen molar-refractivity contribution in [2.75, 3.05) is 10.2 Å². The molecule has 0 aromatic heterocycles. The molecule has 3 nitrogen and oxygen atoms in total. The van der Waals surface area contributed by atoms with Gasteiger partial charge in [0.05, 0.1) is 5.56 Å². The standard InChI is InChI=1S/C26H20N2O/c29-26-22-10-4-5-12-23(22)27-25(28(26)19-8-2-1-3-9-19)21-16-15-18-14-13-17-7-6-11-20(21)24(17)18/h1-12,15-16,25,27H,13-14H2/t25-/m0/s1. The van der Waals surface area contributed by atoms with Crippen LogP contribution in [0.4, 0.5) is 11.4 Å². The summed E-state index contributed by atoms with van der Waals surface area (Å²) in [5.41, 5.74) is 6.45. The van der Waals surface area contributed by atoms with Crippen molar-refractivity contribution >= 4 is 28.1 Å².